The first-order chi connectivity index (χ1) is 14.2. The fourth-order valence-electron chi connectivity index (χ4n) is 4.15. The van der Waals surface area contributed by atoms with E-state index in [4.69, 9.17) is 9.47 Å². The SMILES string of the molecule is Cc1nccc(CC2CC(Oc3cc(N4CCOCC4)cc4nccnc34)C2)n1. The molecule has 0 bridgehead atoms. The van der Waals surface area contributed by atoms with Gasteiger partial charge in [-0.25, -0.2) is 15.0 Å². The lowest BCUT2D eigenvalue weighted by atomic mass is 9.79. The third-order valence-electron chi connectivity index (χ3n) is 5.72. The van der Waals surface area contributed by atoms with Crippen molar-refractivity contribution in [2.45, 2.75) is 32.3 Å². The van der Waals surface area contributed by atoms with Gasteiger partial charge in [0.1, 0.15) is 17.1 Å². The molecule has 29 heavy (non-hydrogen) atoms. The molecule has 7 heteroatoms. The van der Waals surface area contributed by atoms with Gasteiger partial charge in [-0.2, -0.15) is 0 Å². The van der Waals surface area contributed by atoms with E-state index in [9.17, 15) is 0 Å². The Kier molecular flexibility index (Phi) is 4.97. The van der Waals surface area contributed by atoms with Crippen LogP contribution in [0.2, 0.25) is 0 Å². The number of benzene rings is 1. The molecule has 5 rings (SSSR count). The first-order valence-electron chi connectivity index (χ1n) is 10.3. The molecule has 2 aliphatic rings. The number of anilines is 1. The van der Waals surface area contributed by atoms with Gasteiger partial charge in [-0.3, -0.25) is 4.98 Å². The van der Waals surface area contributed by atoms with Crippen molar-refractivity contribution in [3.05, 3.63) is 48.3 Å². The molecule has 1 aliphatic heterocycles. The summed E-state index contributed by atoms with van der Waals surface area (Å²) in [5.74, 6) is 2.27. The van der Waals surface area contributed by atoms with Gasteiger partial charge in [0.15, 0.2) is 0 Å². The van der Waals surface area contributed by atoms with E-state index in [1.54, 1.807) is 12.4 Å². The minimum atomic E-state index is 0.216. The van der Waals surface area contributed by atoms with Gasteiger partial charge >= 0.3 is 0 Å². The molecule has 7 nitrogen and oxygen atoms in total. The standard InChI is InChI=1S/C22H25N5O2/c1-15-23-3-2-17(26-15)10-16-11-19(12-16)29-21-14-18(27-6-8-28-9-7-27)13-20-22(21)25-5-4-24-20/h2-5,13-14,16,19H,6-12H2,1H3. The first kappa shape index (κ1) is 18.2. The monoisotopic (exact) mass is 391 g/mol. The summed E-state index contributed by atoms with van der Waals surface area (Å²) in [6, 6.07) is 6.22. The summed E-state index contributed by atoms with van der Waals surface area (Å²) in [5.41, 5.74) is 3.95. The van der Waals surface area contributed by atoms with Crippen molar-refractivity contribution < 1.29 is 9.47 Å². The van der Waals surface area contributed by atoms with Crippen molar-refractivity contribution in [1.29, 1.82) is 0 Å². The van der Waals surface area contributed by atoms with Gasteiger partial charge < -0.3 is 14.4 Å². The van der Waals surface area contributed by atoms with E-state index >= 15 is 0 Å². The van der Waals surface area contributed by atoms with E-state index in [-0.39, 0.29) is 6.10 Å². The highest BCUT2D eigenvalue weighted by molar-refractivity contribution is 5.85. The number of ether oxygens (including phenoxy) is 2. The quantitative estimate of drug-likeness (QED) is 0.662. The topological polar surface area (TPSA) is 73.3 Å². The zero-order valence-electron chi connectivity index (χ0n) is 16.6. The molecule has 0 radical (unpaired) electrons. The Morgan fingerprint density at radius 2 is 1.90 bits per heavy atom. The number of nitrogens with zero attached hydrogens (tertiary/aromatic N) is 5. The minimum absolute atomic E-state index is 0.216. The van der Waals surface area contributed by atoms with E-state index in [2.05, 4.69) is 37.0 Å². The summed E-state index contributed by atoms with van der Waals surface area (Å²) < 4.78 is 11.9. The fourth-order valence-corrected chi connectivity index (χ4v) is 4.15. The lowest BCUT2D eigenvalue weighted by Crippen LogP contribution is -2.36. The van der Waals surface area contributed by atoms with Gasteiger partial charge in [0.2, 0.25) is 0 Å². The van der Waals surface area contributed by atoms with E-state index in [0.717, 1.165) is 79.6 Å². The maximum absolute atomic E-state index is 6.39. The number of fused-ring (bicyclic) bond motifs is 1. The molecule has 0 N–H and O–H groups in total. The average Bonchev–Trinajstić information content (AvgIpc) is 2.72. The van der Waals surface area contributed by atoms with E-state index < -0.39 is 0 Å². The minimum Gasteiger partial charge on any atom is -0.488 e. The van der Waals surface area contributed by atoms with Crippen LogP contribution >= 0.6 is 0 Å². The van der Waals surface area contributed by atoms with Crippen molar-refractivity contribution in [1.82, 2.24) is 19.9 Å². The number of hydrogen-bond acceptors (Lipinski definition) is 7. The summed E-state index contributed by atoms with van der Waals surface area (Å²) in [4.78, 5) is 20.1. The fraction of sp³-hybridized carbons (Fsp3) is 0.455. The van der Waals surface area contributed by atoms with Crippen molar-refractivity contribution >= 4 is 16.7 Å². The van der Waals surface area contributed by atoms with E-state index in [1.165, 1.54) is 0 Å². The maximum Gasteiger partial charge on any atom is 0.149 e. The molecule has 150 valence electrons. The molecule has 1 aromatic carbocycles. The maximum atomic E-state index is 6.39. The van der Waals surface area contributed by atoms with Gasteiger partial charge in [0.05, 0.1) is 24.8 Å². The summed E-state index contributed by atoms with van der Waals surface area (Å²) in [6.45, 7) is 5.21. The molecule has 0 atom stereocenters. The smallest absolute Gasteiger partial charge is 0.149 e. The number of aromatic nitrogens is 4. The summed E-state index contributed by atoms with van der Waals surface area (Å²) in [7, 11) is 0. The molecule has 2 aromatic heterocycles. The second-order valence-electron chi connectivity index (χ2n) is 7.84. The Labute approximate surface area is 170 Å². The Balaban J connectivity index is 1.30. The van der Waals surface area contributed by atoms with Crippen molar-refractivity contribution in [3.8, 4) is 5.75 Å². The molecular formula is C22H25N5O2. The van der Waals surface area contributed by atoms with Crippen LogP contribution in [-0.4, -0.2) is 52.3 Å². The van der Waals surface area contributed by atoms with Crippen LogP contribution in [0.3, 0.4) is 0 Å². The Bertz CT molecular complexity index is 999. The zero-order chi connectivity index (χ0) is 19.6. The Hall–Kier alpha value is -2.80. The molecule has 1 saturated heterocycles. The highest BCUT2D eigenvalue weighted by Gasteiger charge is 2.32. The number of hydrogen-bond donors (Lipinski definition) is 0. The van der Waals surface area contributed by atoms with Crippen LogP contribution < -0.4 is 9.64 Å². The predicted molar refractivity (Wildman–Crippen MR) is 110 cm³/mol. The predicted octanol–water partition coefficient (Wildman–Crippen LogP) is 2.96. The Morgan fingerprint density at radius 3 is 2.72 bits per heavy atom. The number of aryl methyl sites for hydroxylation is 1. The van der Waals surface area contributed by atoms with Gasteiger partial charge in [-0.1, -0.05) is 0 Å². The van der Waals surface area contributed by atoms with Crippen LogP contribution in [0.15, 0.2) is 36.8 Å². The zero-order valence-corrected chi connectivity index (χ0v) is 16.6. The summed E-state index contributed by atoms with van der Waals surface area (Å²) in [6.07, 6.45) is 8.57. The van der Waals surface area contributed by atoms with Crippen molar-refractivity contribution in [2.24, 2.45) is 5.92 Å². The van der Waals surface area contributed by atoms with Crippen LogP contribution in [0.25, 0.3) is 11.0 Å². The normalized spacial score (nSPS) is 21.8. The van der Waals surface area contributed by atoms with Crippen LogP contribution in [0.1, 0.15) is 24.4 Å². The lowest BCUT2D eigenvalue weighted by molar-refractivity contribution is 0.0658. The summed E-state index contributed by atoms with van der Waals surface area (Å²) >= 11 is 0. The highest BCUT2D eigenvalue weighted by Crippen LogP contribution is 2.37. The molecule has 0 amide bonds. The molecular weight excluding hydrogens is 366 g/mol. The van der Waals surface area contributed by atoms with Crippen molar-refractivity contribution in [2.75, 3.05) is 31.2 Å². The van der Waals surface area contributed by atoms with Crippen LogP contribution in [0, 0.1) is 12.8 Å². The lowest BCUT2D eigenvalue weighted by Gasteiger charge is -2.36. The third-order valence-corrected chi connectivity index (χ3v) is 5.72. The number of morpholine rings is 1. The van der Waals surface area contributed by atoms with Gasteiger partial charge in [0, 0.05) is 49.1 Å². The largest absolute Gasteiger partial charge is 0.488 e. The van der Waals surface area contributed by atoms with Crippen LogP contribution in [0.4, 0.5) is 5.69 Å². The second-order valence-corrected chi connectivity index (χ2v) is 7.84. The van der Waals surface area contributed by atoms with Gasteiger partial charge in [-0.15, -0.1) is 0 Å². The van der Waals surface area contributed by atoms with E-state index in [0.29, 0.717) is 5.92 Å². The van der Waals surface area contributed by atoms with Crippen LogP contribution in [0.5, 0.6) is 5.75 Å². The van der Waals surface area contributed by atoms with Gasteiger partial charge in [-0.05, 0) is 44.2 Å². The average molecular weight is 391 g/mol. The second kappa shape index (κ2) is 7.91. The molecule has 3 heterocycles. The van der Waals surface area contributed by atoms with Crippen molar-refractivity contribution in [3.63, 3.8) is 0 Å². The third kappa shape index (κ3) is 4.00. The molecule has 0 unspecified atom stereocenters. The molecule has 0 spiro atoms. The molecule has 3 aromatic rings. The molecule has 1 saturated carbocycles. The summed E-state index contributed by atoms with van der Waals surface area (Å²) in [5, 5.41) is 0. The van der Waals surface area contributed by atoms with Crippen LogP contribution in [-0.2, 0) is 11.2 Å². The highest BCUT2D eigenvalue weighted by atomic mass is 16.5. The first-order valence-corrected chi connectivity index (χ1v) is 10.3. The molecule has 2 fully saturated rings. The van der Waals surface area contributed by atoms with E-state index in [1.807, 2.05) is 19.2 Å². The Morgan fingerprint density at radius 1 is 1.07 bits per heavy atom. The molecule has 1 aliphatic carbocycles. The van der Waals surface area contributed by atoms with Gasteiger partial charge in [0.25, 0.3) is 0 Å². The number of rotatable bonds is 5.